The SMILES string of the molecule is CCCn1c2ccccc2c2nnc(SCC(=O)N3CCNC3=O)nc21. The Morgan fingerprint density at radius 1 is 1.31 bits per heavy atom. The summed E-state index contributed by atoms with van der Waals surface area (Å²) in [4.78, 5) is 29.6. The van der Waals surface area contributed by atoms with E-state index in [4.69, 9.17) is 0 Å². The number of nitrogens with one attached hydrogen (secondary N) is 1. The summed E-state index contributed by atoms with van der Waals surface area (Å²) in [7, 11) is 0. The number of rotatable bonds is 5. The molecule has 1 N–H and O–H groups in total. The molecule has 3 aromatic rings. The second-order valence-corrected chi connectivity index (χ2v) is 6.94. The molecule has 3 heterocycles. The van der Waals surface area contributed by atoms with E-state index < -0.39 is 0 Å². The van der Waals surface area contributed by atoms with Crippen LogP contribution in [0.15, 0.2) is 29.4 Å². The van der Waals surface area contributed by atoms with Crippen LogP contribution in [0.25, 0.3) is 22.1 Å². The molecule has 0 atom stereocenters. The minimum Gasteiger partial charge on any atom is -0.336 e. The number of aryl methyl sites for hydroxylation is 1. The zero-order valence-electron chi connectivity index (χ0n) is 14.3. The number of benzene rings is 1. The molecule has 4 rings (SSSR count). The van der Waals surface area contributed by atoms with E-state index in [1.165, 1.54) is 16.7 Å². The van der Waals surface area contributed by atoms with Crippen molar-refractivity contribution in [2.45, 2.75) is 25.0 Å². The predicted molar refractivity (Wildman–Crippen MR) is 99.0 cm³/mol. The van der Waals surface area contributed by atoms with Crippen molar-refractivity contribution < 1.29 is 9.59 Å². The van der Waals surface area contributed by atoms with E-state index in [0.29, 0.717) is 18.2 Å². The number of aromatic nitrogens is 4. The quantitative estimate of drug-likeness (QED) is 0.691. The topological polar surface area (TPSA) is 93.0 Å². The van der Waals surface area contributed by atoms with Crippen LogP contribution in [0.4, 0.5) is 4.79 Å². The first-order valence-electron chi connectivity index (χ1n) is 8.51. The van der Waals surface area contributed by atoms with Crippen molar-refractivity contribution in [2.24, 2.45) is 0 Å². The Hall–Kier alpha value is -2.68. The van der Waals surface area contributed by atoms with Gasteiger partial charge in [0, 0.05) is 25.0 Å². The minimum atomic E-state index is -0.340. The Bertz CT molecular complexity index is 1000. The number of hydrogen-bond acceptors (Lipinski definition) is 6. The Morgan fingerprint density at radius 2 is 2.15 bits per heavy atom. The van der Waals surface area contributed by atoms with Crippen LogP contribution in [0.5, 0.6) is 0 Å². The van der Waals surface area contributed by atoms with Gasteiger partial charge in [0.1, 0.15) is 5.52 Å². The van der Waals surface area contributed by atoms with Gasteiger partial charge in [-0.1, -0.05) is 36.9 Å². The first-order chi connectivity index (χ1) is 12.7. The molecule has 1 aliphatic rings. The highest BCUT2D eigenvalue weighted by atomic mass is 32.2. The first kappa shape index (κ1) is 16.8. The third kappa shape index (κ3) is 2.88. The smallest absolute Gasteiger partial charge is 0.324 e. The molecule has 134 valence electrons. The van der Waals surface area contributed by atoms with E-state index in [9.17, 15) is 9.59 Å². The molecule has 0 unspecified atom stereocenters. The van der Waals surface area contributed by atoms with Crippen molar-refractivity contribution in [3.05, 3.63) is 24.3 Å². The van der Waals surface area contributed by atoms with Gasteiger partial charge in [0.25, 0.3) is 0 Å². The highest BCUT2D eigenvalue weighted by Crippen LogP contribution is 2.27. The molecule has 0 bridgehead atoms. The van der Waals surface area contributed by atoms with E-state index in [1.54, 1.807) is 0 Å². The Morgan fingerprint density at radius 3 is 2.92 bits per heavy atom. The number of urea groups is 1. The van der Waals surface area contributed by atoms with Gasteiger partial charge in [-0.05, 0) is 12.5 Å². The van der Waals surface area contributed by atoms with Crippen LogP contribution >= 0.6 is 11.8 Å². The molecule has 26 heavy (non-hydrogen) atoms. The van der Waals surface area contributed by atoms with Crippen LogP contribution in [0.3, 0.4) is 0 Å². The normalized spacial score (nSPS) is 14.3. The molecule has 0 spiro atoms. The van der Waals surface area contributed by atoms with E-state index in [1.807, 2.05) is 18.2 Å². The summed E-state index contributed by atoms with van der Waals surface area (Å²) in [5.41, 5.74) is 2.62. The summed E-state index contributed by atoms with van der Waals surface area (Å²) in [5, 5.41) is 12.6. The fourth-order valence-electron chi connectivity index (χ4n) is 3.11. The summed E-state index contributed by atoms with van der Waals surface area (Å²) in [6.45, 7) is 3.85. The van der Waals surface area contributed by atoms with Gasteiger partial charge in [-0.25, -0.2) is 9.78 Å². The lowest BCUT2D eigenvalue weighted by molar-refractivity contribution is -0.124. The molecular weight excluding hydrogens is 352 g/mol. The van der Waals surface area contributed by atoms with Crippen LogP contribution in [0, 0.1) is 0 Å². The molecule has 0 radical (unpaired) electrons. The third-order valence-electron chi connectivity index (χ3n) is 4.28. The summed E-state index contributed by atoms with van der Waals surface area (Å²) in [5.74, 6) is -0.142. The van der Waals surface area contributed by atoms with Crippen molar-refractivity contribution in [1.82, 2.24) is 30.0 Å². The maximum absolute atomic E-state index is 12.2. The fraction of sp³-hybridized carbons (Fsp3) is 0.353. The number of carbonyl (C=O) groups excluding carboxylic acids is 2. The lowest BCUT2D eigenvalue weighted by atomic mass is 10.2. The van der Waals surface area contributed by atoms with Crippen LogP contribution < -0.4 is 5.32 Å². The zero-order chi connectivity index (χ0) is 18.1. The zero-order valence-corrected chi connectivity index (χ0v) is 15.1. The van der Waals surface area contributed by atoms with Gasteiger partial charge in [0.05, 0.1) is 11.3 Å². The maximum atomic E-state index is 12.2. The fourth-order valence-corrected chi connectivity index (χ4v) is 3.77. The third-order valence-corrected chi connectivity index (χ3v) is 5.11. The van der Waals surface area contributed by atoms with Crippen molar-refractivity contribution in [2.75, 3.05) is 18.8 Å². The number of para-hydroxylation sites is 1. The molecule has 1 aliphatic heterocycles. The van der Waals surface area contributed by atoms with Gasteiger partial charge in [-0.2, -0.15) is 0 Å². The monoisotopic (exact) mass is 370 g/mol. The highest BCUT2D eigenvalue weighted by Gasteiger charge is 2.26. The number of carbonyl (C=O) groups is 2. The number of hydrogen-bond donors (Lipinski definition) is 1. The predicted octanol–water partition coefficient (Wildman–Crippen LogP) is 2.03. The molecule has 8 nitrogen and oxygen atoms in total. The van der Waals surface area contributed by atoms with Crippen LogP contribution in [0.2, 0.25) is 0 Å². The van der Waals surface area contributed by atoms with Gasteiger partial charge in [-0.15, -0.1) is 10.2 Å². The molecule has 1 saturated heterocycles. The average molecular weight is 370 g/mol. The van der Waals surface area contributed by atoms with Crippen molar-refractivity contribution in [3.63, 3.8) is 0 Å². The van der Waals surface area contributed by atoms with Gasteiger partial charge >= 0.3 is 6.03 Å². The highest BCUT2D eigenvalue weighted by molar-refractivity contribution is 7.99. The van der Waals surface area contributed by atoms with E-state index >= 15 is 0 Å². The van der Waals surface area contributed by atoms with Crippen molar-refractivity contribution in [3.8, 4) is 0 Å². The van der Waals surface area contributed by atoms with Crippen molar-refractivity contribution in [1.29, 1.82) is 0 Å². The summed E-state index contributed by atoms with van der Waals surface area (Å²) in [6, 6.07) is 7.70. The second kappa shape index (κ2) is 6.91. The lowest BCUT2D eigenvalue weighted by Crippen LogP contribution is -2.35. The molecule has 3 amide bonds. The molecule has 0 saturated carbocycles. The van der Waals surface area contributed by atoms with E-state index in [-0.39, 0.29) is 17.7 Å². The standard InChI is InChI=1S/C17H18N6O2S/c1-2-8-22-12-6-4-3-5-11(12)14-15(22)19-16(21-20-14)26-10-13(24)23-9-7-18-17(23)25/h3-6H,2,7-10H2,1H3,(H,18,25). The van der Waals surface area contributed by atoms with Gasteiger partial charge in [-0.3, -0.25) is 9.69 Å². The first-order valence-corrected chi connectivity index (χ1v) is 9.50. The van der Waals surface area contributed by atoms with Crippen LogP contribution in [-0.4, -0.2) is 55.4 Å². The van der Waals surface area contributed by atoms with Gasteiger partial charge < -0.3 is 9.88 Å². The number of thioether (sulfide) groups is 1. The maximum Gasteiger partial charge on any atom is 0.324 e. The largest absolute Gasteiger partial charge is 0.336 e. The Balaban J connectivity index is 1.62. The van der Waals surface area contributed by atoms with Crippen molar-refractivity contribution >= 4 is 45.8 Å². The number of nitrogens with zero attached hydrogens (tertiary/aromatic N) is 5. The van der Waals surface area contributed by atoms with Gasteiger partial charge in [0.15, 0.2) is 5.65 Å². The molecule has 1 fully saturated rings. The lowest BCUT2D eigenvalue weighted by Gasteiger charge is -2.11. The number of imide groups is 1. The summed E-state index contributed by atoms with van der Waals surface area (Å²) in [6.07, 6.45) is 0.975. The molecule has 9 heteroatoms. The molecule has 2 aromatic heterocycles. The van der Waals surface area contributed by atoms with E-state index in [2.05, 4.69) is 38.1 Å². The molecule has 0 aliphatic carbocycles. The average Bonchev–Trinajstić information content (AvgIpc) is 3.22. The number of amides is 3. The van der Waals surface area contributed by atoms with Crippen LogP contribution in [-0.2, 0) is 11.3 Å². The minimum absolute atomic E-state index is 0.106. The van der Waals surface area contributed by atoms with E-state index in [0.717, 1.165) is 35.0 Å². The second-order valence-electron chi connectivity index (χ2n) is 6.00. The van der Waals surface area contributed by atoms with Gasteiger partial charge in [0.2, 0.25) is 11.1 Å². The Kier molecular flexibility index (Phi) is 4.46. The molecule has 1 aromatic carbocycles. The van der Waals surface area contributed by atoms with Crippen LogP contribution in [0.1, 0.15) is 13.3 Å². The summed E-state index contributed by atoms with van der Waals surface area (Å²) < 4.78 is 2.14. The molecular formula is C17H18N6O2S. The Labute approximate surface area is 154 Å². The number of fused-ring (bicyclic) bond motifs is 3. The summed E-state index contributed by atoms with van der Waals surface area (Å²) >= 11 is 1.20.